The van der Waals surface area contributed by atoms with E-state index in [1.807, 2.05) is 0 Å². The summed E-state index contributed by atoms with van der Waals surface area (Å²) in [6, 6.07) is 5.25. The molecule has 1 heterocycles. The molecule has 0 saturated carbocycles. The molecular formula is C12H14F3NO. The minimum Gasteiger partial charge on any atom is -0.396 e. The average Bonchev–Trinajstić information content (AvgIpc) is 2.76. The third-order valence-electron chi connectivity index (χ3n) is 3.12. The van der Waals surface area contributed by atoms with Crippen LogP contribution in [0.1, 0.15) is 23.6 Å². The number of hydrogen-bond acceptors (Lipinski definition) is 2. The maximum Gasteiger partial charge on any atom is 0.416 e. The second kappa shape index (κ2) is 4.66. The number of halogens is 3. The summed E-state index contributed by atoms with van der Waals surface area (Å²) in [6.45, 7) is 0.826. The van der Waals surface area contributed by atoms with Gasteiger partial charge in [0.05, 0.1) is 5.56 Å². The average molecular weight is 245 g/mol. The molecule has 94 valence electrons. The molecule has 1 aromatic carbocycles. The van der Waals surface area contributed by atoms with Gasteiger partial charge in [0.1, 0.15) is 0 Å². The molecule has 2 unspecified atom stereocenters. The van der Waals surface area contributed by atoms with Crippen LogP contribution in [0.4, 0.5) is 13.2 Å². The monoisotopic (exact) mass is 245 g/mol. The van der Waals surface area contributed by atoms with Crippen molar-refractivity contribution >= 4 is 0 Å². The van der Waals surface area contributed by atoms with Crippen LogP contribution in [0, 0.1) is 5.92 Å². The molecule has 1 saturated heterocycles. The lowest BCUT2D eigenvalue weighted by atomic mass is 9.99. The molecule has 2 atom stereocenters. The second-order valence-electron chi connectivity index (χ2n) is 4.36. The summed E-state index contributed by atoms with van der Waals surface area (Å²) in [7, 11) is 0. The Kier molecular flexibility index (Phi) is 3.40. The summed E-state index contributed by atoms with van der Waals surface area (Å²) in [5.41, 5.74) is 0.215. The molecule has 5 heteroatoms. The van der Waals surface area contributed by atoms with Gasteiger partial charge in [-0.1, -0.05) is 12.1 Å². The summed E-state index contributed by atoms with van der Waals surface area (Å²) in [5.74, 6) is 0.197. The van der Waals surface area contributed by atoms with E-state index in [0.29, 0.717) is 6.54 Å². The summed E-state index contributed by atoms with van der Waals surface area (Å²) in [5, 5.41) is 12.2. The quantitative estimate of drug-likeness (QED) is 0.838. The highest BCUT2D eigenvalue weighted by Gasteiger charge is 2.31. The van der Waals surface area contributed by atoms with E-state index < -0.39 is 11.7 Å². The number of aliphatic hydroxyl groups is 1. The van der Waals surface area contributed by atoms with Crippen molar-refractivity contribution in [1.82, 2.24) is 5.32 Å². The number of rotatable bonds is 2. The molecule has 2 nitrogen and oxygen atoms in total. The molecule has 0 bridgehead atoms. The zero-order chi connectivity index (χ0) is 12.5. The number of aliphatic hydroxyl groups excluding tert-OH is 1. The van der Waals surface area contributed by atoms with Crippen LogP contribution >= 0.6 is 0 Å². The molecule has 17 heavy (non-hydrogen) atoms. The van der Waals surface area contributed by atoms with Gasteiger partial charge in [-0.05, 0) is 30.0 Å². The first-order chi connectivity index (χ1) is 8.00. The van der Waals surface area contributed by atoms with E-state index in [9.17, 15) is 13.2 Å². The summed E-state index contributed by atoms with van der Waals surface area (Å²) in [6.07, 6.45) is -3.52. The van der Waals surface area contributed by atoms with E-state index >= 15 is 0 Å². The zero-order valence-electron chi connectivity index (χ0n) is 9.17. The number of hydrogen-bond donors (Lipinski definition) is 2. The third-order valence-corrected chi connectivity index (χ3v) is 3.12. The standard InChI is InChI=1S/C12H14F3NO/c13-12(14,15)10-3-1-9(2-4-10)11-5-8(7-17)6-16-11/h1-4,8,11,16-17H,5-7H2. The van der Waals surface area contributed by atoms with Crippen LogP contribution < -0.4 is 5.32 Å². The summed E-state index contributed by atoms with van der Waals surface area (Å²) >= 11 is 0. The van der Waals surface area contributed by atoms with E-state index in [1.54, 1.807) is 0 Å². The number of alkyl halides is 3. The van der Waals surface area contributed by atoms with Gasteiger partial charge in [-0.25, -0.2) is 0 Å². The molecule has 2 rings (SSSR count). The fourth-order valence-electron chi connectivity index (χ4n) is 2.11. The molecule has 1 fully saturated rings. The number of benzene rings is 1. The normalized spacial score (nSPS) is 25.2. The Labute approximate surface area is 97.5 Å². The van der Waals surface area contributed by atoms with Crippen molar-refractivity contribution in [3.63, 3.8) is 0 Å². The van der Waals surface area contributed by atoms with Gasteiger partial charge >= 0.3 is 6.18 Å². The third kappa shape index (κ3) is 2.79. The molecule has 0 aromatic heterocycles. The summed E-state index contributed by atoms with van der Waals surface area (Å²) < 4.78 is 37.1. The minimum absolute atomic E-state index is 0.0504. The Morgan fingerprint density at radius 1 is 1.24 bits per heavy atom. The Balaban J connectivity index is 2.09. The highest BCUT2D eigenvalue weighted by Crippen LogP contribution is 2.32. The minimum atomic E-state index is -4.28. The fraction of sp³-hybridized carbons (Fsp3) is 0.500. The van der Waals surface area contributed by atoms with Crippen LogP contribution in [-0.2, 0) is 6.18 Å². The van der Waals surface area contributed by atoms with Gasteiger partial charge in [0.15, 0.2) is 0 Å². The fourth-order valence-corrected chi connectivity index (χ4v) is 2.11. The molecule has 0 radical (unpaired) electrons. The lowest BCUT2D eigenvalue weighted by Crippen LogP contribution is -2.14. The molecule has 1 aromatic rings. The van der Waals surface area contributed by atoms with Crippen LogP contribution in [0.15, 0.2) is 24.3 Å². The smallest absolute Gasteiger partial charge is 0.396 e. The van der Waals surface area contributed by atoms with Gasteiger partial charge < -0.3 is 10.4 Å². The van der Waals surface area contributed by atoms with Crippen molar-refractivity contribution in [3.8, 4) is 0 Å². The first-order valence-electron chi connectivity index (χ1n) is 5.52. The van der Waals surface area contributed by atoms with Crippen LogP contribution in [0.25, 0.3) is 0 Å². The van der Waals surface area contributed by atoms with E-state index in [4.69, 9.17) is 5.11 Å². The molecule has 2 N–H and O–H groups in total. The Hall–Kier alpha value is -1.07. The van der Waals surface area contributed by atoms with Crippen molar-refractivity contribution in [2.24, 2.45) is 5.92 Å². The Morgan fingerprint density at radius 3 is 2.35 bits per heavy atom. The van der Waals surface area contributed by atoms with Gasteiger partial charge in [0, 0.05) is 19.2 Å². The molecular weight excluding hydrogens is 231 g/mol. The van der Waals surface area contributed by atoms with E-state index in [1.165, 1.54) is 12.1 Å². The molecule has 0 aliphatic carbocycles. The predicted octanol–water partition coefficient (Wildman–Crippen LogP) is 2.35. The SMILES string of the molecule is OCC1CNC(c2ccc(C(F)(F)F)cc2)C1. The van der Waals surface area contributed by atoms with Crippen molar-refractivity contribution in [2.45, 2.75) is 18.6 Å². The highest BCUT2D eigenvalue weighted by atomic mass is 19.4. The van der Waals surface area contributed by atoms with E-state index in [0.717, 1.165) is 24.1 Å². The van der Waals surface area contributed by atoms with Gasteiger partial charge in [0.2, 0.25) is 0 Å². The molecule has 1 aliphatic heterocycles. The predicted molar refractivity (Wildman–Crippen MR) is 57.4 cm³/mol. The lowest BCUT2D eigenvalue weighted by molar-refractivity contribution is -0.137. The summed E-state index contributed by atoms with van der Waals surface area (Å²) in [4.78, 5) is 0. The molecule has 1 aliphatic rings. The highest BCUT2D eigenvalue weighted by molar-refractivity contribution is 5.27. The second-order valence-corrected chi connectivity index (χ2v) is 4.36. The van der Waals surface area contributed by atoms with Crippen molar-refractivity contribution in [3.05, 3.63) is 35.4 Å². The van der Waals surface area contributed by atoms with Crippen molar-refractivity contribution in [1.29, 1.82) is 0 Å². The van der Waals surface area contributed by atoms with Crippen LogP contribution in [-0.4, -0.2) is 18.3 Å². The van der Waals surface area contributed by atoms with Crippen LogP contribution in [0.2, 0.25) is 0 Å². The topological polar surface area (TPSA) is 32.3 Å². The van der Waals surface area contributed by atoms with Crippen molar-refractivity contribution in [2.75, 3.05) is 13.2 Å². The van der Waals surface area contributed by atoms with E-state index in [-0.39, 0.29) is 18.6 Å². The Bertz CT molecular complexity index is 374. The van der Waals surface area contributed by atoms with Gasteiger partial charge in [-0.2, -0.15) is 13.2 Å². The zero-order valence-corrected chi connectivity index (χ0v) is 9.17. The first kappa shape index (κ1) is 12.4. The van der Waals surface area contributed by atoms with Gasteiger partial charge in [0.25, 0.3) is 0 Å². The van der Waals surface area contributed by atoms with Gasteiger partial charge in [-0.3, -0.25) is 0 Å². The van der Waals surface area contributed by atoms with E-state index in [2.05, 4.69) is 5.32 Å². The lowest BCUT2D eigenvalue weighted by Gasteiger charge is -2.12. The van der Waals surface area contributed by atoms with Crippen LogP contribution in [0.5, 0.6) is 0 Å². The van der Waals surface area contributed by atoms with Crippen molar-refractivity contribution < 1.29 is 18.3 Å². The maximum atomic E-state index is 12.4. The Morgan fingerprint density at radius 2 is 1.88 bits per heavy atom. The van der Waals surface area contributed by atoms with Gasteiger partial charge in [-0.15, -0.1) is 0 Å². The van der Waals surface area contributed by atoms with Crippen LogP contribution in [0.3, 0.4) is 0 Å². The molecule has 0 amide bonds. The first-order valence-corrected chi connectivity index (χ1v) is 5.52. The largest absolute Gasteiger partial charge is 0.416 e. The maximum absolute atomic E-state index is 12.4. The number of nitrogens with one attached hydrogen (secondary N) is 1. The molecule has 0 spiro atoms.